The summed E-state index contributed by atoms with van der Waals surface area (Å²) in [5, 5.41) is 0.391. The highest BCUT2D eigenvalue weighted by atomic mass is 19.2. The number of benzene rings is 2. The molecule has 0 unspecified atom stereocenters. The molecule has 0 aromatic heterocycles. The summed E-state index contributed by atoms with van der Waals surface area (Å²) < 4.78 is 43.8. The van der Waals surface area contributed by atoms with Gasteiger partial charge in [0.1, 0.15) is 5.82 Å². The minimum Gasteiger partial charge on any atom is -0.206 e. The molecule has 4 rings (SSSR count). The Balaban J connectivity index is 1.36. The first-order valence-electron chi connectivity index (χ1n) is 13.6. The van der Waals surface area contributed by atoms with Gasteiger partial charge in [-0.25, -0.2) is 13.2 Å². The van der Waals surface area contributed by atoms with Gasteiger partial charge >= 0.3 is 0 Å². The van der Waals surface area contributed by atoms with Crippen LogP contribution < -0.4 is 0 Å². The summed E-state index contributed by atoms with van der Waals surface area (Å²) in [7, 11) is 0. The third-order valence-electron chi connectivity index (χ3n) is 8.79. The molecule has 2 aliphatic rings. The molecular weight excluding hydrogens is 417 g/mol. The van der Waals surface area contributed by atoms with E-state index in [2.05, 4.69) is 6.92 Å². The molecule has 2 fully saturated rings. The SMILES string of the molecule is CCCc1ccc2c(CCC3CCC(C4CCC(CCC)CC4)CC3)cc(F)c(F)c2c1F. The number of hydrogen-bond acceptors (Lipinski definition) is 0. The average molecular weight is 459 g/mol. The number of halogens is 3. The van der Waals surface area contributed by atoms with Gasteiger partial charge < -0.3 is 0 Å². The normalized spacial score (nSPS) is 26.1. The van der Waals surface area contributed by atoms with E-state index in [1.165, 1.54) is 70.3 Å². The van der Waals surface area contributed by atoms with E-state index < -0.39 is 17.5 Å². The molecule has 0 bridgehead atoms. The summed E-state index contributed by atoms with van der Waals surface area (Å²) in [5.74, 6) is 0.877. The van der Waals surface area contributed by atoms with E-state index in [9.17, 15) is 13.2 Å². The summed E-state index contributed by atoms with van der Waals surface area (Å²) in [6.07, 6.45) is 16.5. The predicted molar refractivity (Wildman–Crippen MR) is 132 cm³/mol. The van der Waals surface area contributed by atoms with Crippen molar-refractivity contribution in [1.29, 1.82) is 0 Å². The van der Waals surface area contributed by atoms with E-state index in [0.717, 1.165) is 36.2 Å². The average Bonchev–Trinajstić information content (AvgIpc) is 2.83. The Kier molecular flexibility index (Phi) is 8.41. The lowest BCUT2D eigenvalue weighted by atomic mass is 9.68. The summed E-state index contributed by atoms with van der Waals surface area (Å²) in [4.78, 5) is 0. The van der Waals surface area contributed by atoms with E-state index in [4.69, 9.17) is 0 Å². The maximum Gasteiger partial charge on any atom is 0.169 e. The molecule has 0 heterocycles. The largest absolute Gasteiger partial charge is 0.206 e. The maximum atomic E-state index is 15.0. The molecule has 0 amide bonds. The first kappa shape index (κ1) is 24.6. The molecule has 182 valence electrons. The topological polar surface area (TPSA) is 0 Å². The van der Waals surface area contributed by atoms with Crippen molar-refractivity contribution in [1.82, 2.24) is 0 Å². The summed E-state index contributed by atoms with van der Waals surface area (Å²) in [6.45, 7) is 4.26. The summed E-state index contributed by atoms with van der Waals surface area (Å²) in [6, 6.07) is 4.85. The van der Waals surface area contributed by atoms with Gasteiger partial charge in [0, 0.05) is 0 Å². The lowest BCUT2D eigenvalue weighted by Crippen LogP contribution is -2.26. The first-order valence-corrected chi connectivity index (χ1v) is 13.6. The maximum absolute atomic E-state index is 15.0. The smallest absolute Gasteiger partial charge is 0.169 e. The van der Waals surface area contributed by atoms with Gasteiger partial charge in [-0.2, -0.15) is 0 Å². The monoisotopic (exact) mass is 458 g/mol. The Morgan fingerprint density at radius 3 is 1.85 bits per heavy atom. The van der Waals surface area contributed by atoms with Crippen LogP contribution >= 0.6 is 0 Å². The van der Waals surface area contributed by atoms with E-state index >= 15 is 0 Å². The van der Waals surface area contributed by atoms with Gasteiger partial charge in [0.05, 0.1) is 5.39 Å². The van der Waals surface area contributed by atoms with Crippen LogP contribution in [0.25, 0.3) is 10.8 Å². The third kappa shape index (κ3) is 5.60. The van der Waals surface area contributed by atoms with Crippen LogP contribution in [0.2, 0.25) is 0 Å². The molecule has 2 saturated carbocycles. The van der Waals surface area contributed by atoms with Crippen LogP contribution in [0.15, 0.2) is 18.2 Å². The van der Waals surface area contributed by atoms with Gasteiger partial charge in [-0.1, -0.05) is 70.9 Å². The molecule has 0 atom stereocenters. The zero-order valence-corrected chi connectivity index (χ0v) is 20.6. The van der Waals surface area contributed by atoms with Gasteiger partial charge in [-0.05, 0) is 91.2 Å². The van der Waals surface area contributed by atoms with Crippen LogP contribution in [-0.2, 0) is 12.8 Å². The fourth-order valence-electron chi connectivity index (χ4n) is 6.85. The van der Waals surface area contributed by atoms with Gasteiger partial charge in [0.25, 0.3) is 0 Å². The highest BCUT2D eigenvalue weighted by molar-refractivity contribution is 5.87. The Labute approximate surface area is 198 Å². The second kappa shape index (κ2) is 11.3. The fourth-order valence-corrected chi connectivity index (χ4v) is 6.85. The molecule has 3 heteroatoms. The molecule has 2 aromatic rings. The summed E-state index contributed by atoms with van der Waals surface area (Å²) in [5.41, 5.74) is 1.23. The molecule has 0 N–H and O–H groups in total. The number of rotatable bonds is 8. The van der Waals surface area contributed by atoms with Crippen molar-refractivity contribution in [2.24, 2.45) is 23.7 Å². The van der Waals surface area contributed by atoms with Crippen LogP contribution in [0, 0.1) is 41.1 Å². The number of aryl methyl sites for hydroxylation is 2. The molecule has 0 nitrogen and oxygen atoms in total. The van der Waals surface area contributed by atoms with E-state index in [1.807, 2.05) is 6.92 Å². The predicted octanol–water partition coefficient (Wildman–Crippen LogP) is 9.56. The molecule has 0 spiro atoms. The molecule has 0 aliphatic heterocycles. The Bertz CT molecular complexity index is 918. The van der Waals surface area contributed by atoms with Crippen LogP contribution in [0.3, 0.4) is 0 Å². The van der Waals surface area contributed by atoms with Crippen molar-refractivity contribution >= 4 is 10.8 Å². The zero-order valence-electron chi connectivity index (χ0n) is 20.6. The van der Waals surface area contributed by atoms with Gasteiger partial charge in [0.15, 0.2) is 11.6 Å². The summed E-state index contributed by atoms with van der Waals surface area (Å²) >= 11 is 0. The van der Waals surface area contributed by atoms with Crippen LogP contribution in [-0.4, -0.2) is 0 Å². The second-order valence-corrected chi connectivity index (χ2v) is 10.9. The highest BCUT2D eigenvalue weighted by Gasteiger charge is 2.30. The number of hydrogen-bond donors (Lipinski definition) is 0. The molecule has 2 aromatic carbocycles. The van der Waals surface area contributed by atoms with Gasteiger partial charge in [-0.15, -0.1) is 0 Å². The van der Waals surface area contributed by atoms with Crippen molar-refractivity contribution in [3.63, 3.8) is 0 Å². The van der Waals surface area contributed by atoms with E-state index in [1.54, 1.807) is 12.1 Å². The third-order valence-corrected chi connectivity index (χ3v) is 8.79. The van der Waals surface area contributed by atoms with Crippen molar-refractivity contribution in [2.75, 3.05) is 0 Å². The quantitative estimate of drug-likeness (QED) is 0.369. The van der Waals surface area contributed by atoms with E-state index in [0.29, 0.717) is 29.7 Å². The van der Waals surface area contributed by atoms with Gasteiger partial charge in [0.2, 0.25) is 0 Å². The Morgan fingerprint density at radius 1 is 0.667 bits per heavy atom. The van der Waals surface area contributed by atoms with E-state index in [-0.39, 0.29) is 5.39 Å². The Morgan fingerprint density at radius 2 is 1.27 bits per heavy atom. The molecule has 0 saturated heterocycles. The minimum atomic E-state index is -1.04. The van der Waals surface area contributed by atoms with Crippen LogP contribution in [0.5, 0.6) is 0 Å². The molecule has 33 heavy (non-hydrogen) atoms. The molecular formula is C30H41F3. The first-order chi connectivity index (χ1) is 16.0. The van der Waals surface area contributed by atoms with Crippen molar-refractivity contribution in [2.45, 2.75) is 104 Å². The standard InChI is InChI=1S/C30H41F3/c1-3-5-20-7-12-22(13-8-20)23-14-9-21(10-15-23)11-16-25-19-27(31)30(33)28-26(25)18-17-24(6-4-2)29(28)32/h17-23H,3-16H2,1-2H3. The van der Waals surface area contributed by atoms with Gasteiger partial charge in [-0.3, -0.25) is 0 Å². The minimum absolute atomic E-state index is 0.154. The lowest BCUT2D eigenvalue weighted by molar-refractivity contribution is 0.141. The van der Waals surface area contributed by atoms with Crippen LogP contribution in [0.4, 0.5) is 13.2 Å². The van der Waals surface area contributed by atoms with Crippen molar-refractivity contribution in [3.8, 4) is 0 Å². The van der Waals surface area contributed by atoms with Crippen molar-refractivity contribution in [3.05, 3.63) is 46.8 Å². The Hall–Kier alpha value is -1.51. The number of fused-ring (bicyclic) bond motifs is 1. The van der Waals surface area contributed by atoms with Crippen molar-refractivity contribution < 1.29 is 13.2 Å². The van der Waals surface area contributed by atoms with Crippen LogP contribution in [0.1, 0.15) is 102 Å². The zero-order chi connectivity index (χ0) is 23.4. The molecule has 0 radical (unpaired) electrons. The second-order valence-electron chi connectivity index (χ2n) is 10.9. The fraction of sp³-hybridized carbons (Fsp3) is 0.667. The molecule has 2 aliphatic carbocycles. The lowest BCUT2D eigenvalue weighted by Gasteiger charge is -2.38. The highest BCUT2D eigenvalue weighted by Crippen LogP contribution is 2.43.